The minimum Gasteiger partial charge on any atom is -0.367 e. The van der Waals surface area contributed by atoms with Crippen molar-refractivity contribution in [2.45, 2.75) is 71.3 Å². The average Bonchev–Trinajstić information content (AvgIpc) is 2.49. The second kappa shape index (κ2) is 7.59. The number of rotatable bonds is 6. The Morgan fingerprint density at radius 1 is 1.19 bits per heavy atom. The molecule has 0 aromatic carbocycles. The van der Waals surface area contributed by atoms with E-state index < -0.39 is 0 Å². The highest BCUT2D eigenvalue weighted by Crippen LogP contribution is 2.29. The molecule has 1 aromatic heterocycles. The Morgan fingerprint density at radius 3 is 2.43 bits per heavy atom. The summed E-state index contributed by atoms with van der Waals surface area (Å²) in [6.07, 6.45) is 7.80. The molecule has 0 amide bonds. The Morgan fingerprint density at radius 2 is 1.86 bits per heavy atom. The van der Waals surface area contributed by atoms with Gasteiger partial charge in [0.25, 0.3) is 0 Å². The van der Waals surface area contributed by atoms with E-state index in [1.807, 2.05) is 6.07 Å². The van der Waals surface area contributed by atoms with E-state index in [4.69, 9.17) is 5.84 Å². The summed E-state index contributed by atoms with van der Waals surface area (Å²) in [5, 5.41) is 3.57. The lowest BCUT2D eigenvalue weighted by atomic mass is 9.83. The van der Waals surface area contributed by atoms with E-state index in [1.165, 1.54) is 38.5 Å². The van der Waals surface area contributed by atoms with Gasteiger partial charge in [-0.3, -0.25) is 0 Å². The smallest absolute Gasteiger partial charge is 0.145 e. The van der Waals surface area contributed by atoms with E-state index >= 15 is 0 Å². The third-order valence-corrected chi connectivity index (χ3v) is 4.30. The average molecular weight is 291 g/mol. The van der Waals surface area contributed by atoms with Crippen LogP contribution in [0.4, 0.5) is 11.6 Å². The summed E-state index contributed by atoms with van der Waals surface area (Å²) in [6, 6.07) is 2.42. The molecule has 1 aliphatic carbocycles. The van der Waals surface area contributed by atoms with E-state index in [1.54, 1.807) is 0 Å². The first-order valence-electron chi connectivity index (χ1n) is 8.24. The third-order valence-electron chi connectivity index (χ3n) is 4.30. The summed E-state index contributed by atoms with van der Waals surface area (Å²) in [7, 11) is 0. The highest BCUT2D eigenvalue weighted by molar-refractivity contribution is 5.47. The first kappa shape index (κ1) is 16.0. The van der Waals surface area contributed by atoms with Crippen LogP contribution in [0, 0.1) is 5.92 Å². The minimum absolute atomic E-state index is 0.291. The molecule has 1 fully saturated rings. The van der Waals surface area contributed by atoms with Gasteiger partial charge in [-0.1, -0.05) is 33.6 Å². The maximum atomic E-state index is 5.50. The normalized spacial score (nSPS) is 22.3. The number of hydrogen-bond donors (Lipinski definition) is 3. The second-order valence-electron chi connectivity index (χ2n) is 6.45. The van der Waals surface area contributed by atoms with E-state index in [2.05, 4.69) is 41.5 Å². The maximum Gasteiger partial charge on any atom is 0.145 e. The first-order valence-corrected chi connectivity index (χ1v) is 8.24. The number of nitrogens with two attached hydrogens (primary N) is 1. The predicted molar refractivity (Wildman–Crippen MR) is 88.2 cm³/mol. The van der Waals surface area contributed by atoms with Gasteiger partial charge in [0.2, 0.25) is 0 Å². The van der Waals surface area contributed by atoms with Crippen LogP contribution in [0.1, 0.15) is 71.0 Å². The van der Waals surface area contributed by atoms with Crippen molar-refractivity contribution in [3.05, 3.63) is 11.9 Å². The molecule has 118 valence electrons. The molecule has 0 spiro atoms. The van der Waals surface area contributed by atoms with Crippen LogP contribution < -0.4 is 16.6 Å². The second-order valence-corrected chi connectivity index (χ2v) is 6.45. The molecule has 1 aliphatic rings. The Balaban J connectivity index is 1.98. The highest BCUT2D eigenvalue weighted by atomic mass is 15.3. The van der Waals surface area contributed by atoms with Gasteiger partial charge in [0.15, 0.2) is 0 Å². The SMILES string of the molecule is CCCC1CCC(Nc2cc(NN)nc(C(C)C)n2)CC1. The fourth-order valence-electron chi connectivity index (χ4n) is 3.08. The van der Waals surface area contributed by atoms with Crippen LogP contribution in [-0.4, -0.2) is 16.0 Å². The zero-order chi connectivity index (χ0) is 15.2. The number of nitrogens with zero attached hydrogens (tertiary/aromatic N) is 2. The molecule has 21 heavy (non-hydrogen) atoms. The van der Waals surface area contributed by atoms with E-state index in [-0.39, 0.29) is 0 Å². The number of aromatic nitrogens is 2. The zero-order valence-electron chi connectivity index (χ0n) is 13.5. The lowest BCUT2D eigenvalue weighted by Gasteiger charge is -2.29. The van der Waals surface area contributed by atoms with E-state index in [0.29, 0.717) is 17.8 Å². The van der Waals surface area contributed by atoms with Gasteiger partial charge < -0.3 is 10.7 Å². The Hall–Kier alpha value is -1.36. The standard InChI is InChI=1S/C16H29N5/c1-4-5-12-6-8-13(9-7-12)18-14-10-15(21-17)20-16(19-14)11(2)3/h10-13H,4-9,17H2,1-3H3,(H2,18,19,20,21). The molecule has 1 saturated carbocycles. The lowest BCUT2D eigenvalue weighted by Crippen LogP contribution is -2.27. The Kier molecular flexibility index (Phi) is 5.79. The van der Waals surface area contributed by atoms with Crippen LogP contribution in [0.25, 0.3) is 0 Å². The fourth-order valence-corrected chi connectivity index (χ4v) is 3.08. The Bertz CT molecular complexity index is 438. The first-order chi connectivity index (χ1) is 10.1. The molecule has 0 atom stereocenters. The number of hydrogen-bond acceptors (Lipinski definition) is 5. The predicted octanol–water partition coefficient (Wildman–Crippen LogP) is 3.66. The van der Waals surface area contributed by atoms with Gasteiger partial charge in [-0.25, -0.2) is 15.8 Å². The minimum atomic E-state index is 0.291. The number of hydrazine groups is 1. The molecule has 0 unspecified atom stereocenters. The largest absolute Gasteiger partial charge is 0.367 e. The summed E-state index contributed by atoms with van der Waals surface area (Å²) in [5.74, 6) is 9.11. The molecular formula is C16H29N5. The monoisotopic (exact) mass is 291 g/mol. The van der Waals surface area contributed by atoms with Crippen LogP contribution in [0.5, 0.6) is 0 Å². The summed E-state index contributed by atoms with van der Waals surface area (Å²) < 4.78 is 0. The van der Waals surface area contributed by atoms with Crippen molar-refractivity contribution in [2.75, 3.05) is 10.7 Å². The Labute approximate surface area is 128 Å². The maximum absolute atomic E-state index is 5.50. The molecule has 0 saturated heterocycles. The van der Waals surface area contributed by atoms with Crippen molar-refractivity contribution in [3.8, 4) is 0 Å². The quantitative estimate of drug-likeness (QED) is 0.551. The summed E-state index contributed by atoms with van der Waals surface area (Å²) in [5.41, 5.74) is 2.63. The van der Waals surface area contributed by atoms with Crippen molar-refractivity contribution >= 4 is 11.6 Å². The molecule has 5 nitrogen and oxygen atoms in total. The third kappa shape index (κ3) is 4.56. The van der Waals surface area contributed by atoms with Gasteiger partial charge in [0.1, 0.15) is 17.5 Å². The van der Waals surface area contributed by atoms with Gasteiger partial charge in [-0.15, -0.1) is 0 Å². The van der Waals surface area contributed by atoms with Gasteiger partial charge in [0.05, 0.1) is 0 Å². The van der Waals surface area contributed by atoms with Gasteiger partial charge in [-0.05, 0) is 31.6 Å². The molecule has 0 radical (unpaired) electrons. The van der Waals surface area contributed by atoms with Gasteiger partial charge in [0, 0.05) is 18.0 Å². The molecular weight excluding hydrogens is 262 g/mol. The van der Waals surface area contributed by atoms with Crippen molar-refractivity contribution in [3.63, 3.8) is 0 Å². The van der Waals surface area contributed by atoms with Crippen molar-refractivity contribution in [1.82, 2.24) is 9.97 Å². The van der Waals surface area contributed by atoms with Crippen LogP contribution in [-0.2, 0) is 0 Å². The van der Waals surface area contributed by atoms with Crippen molar-refractivity contribution in [1.29, 1.82) is 0 Å². The number of anilines is 2. The molecule has 2 rings (SSSR count). The van der Waals surface area contributed by atoms with Crippen LogP contribution in [0.2, 0.25) is 0 Å². The number of nitrogen functional groups attached to an aromatic ring is 1. The molecule has 4 N–H and O–H groups in total. The number of nitrogens with one attached hydrogen (secondary N) is 2. The van der Waals surface area contributed by atoms with Gasteiger partial charge in [-0.2, -0.15) is 0 Å². The van der Waals surface area contributed by atoms with Crippen LogP contribution >= 0.6 is 0 Å². The summed E-state index contributed by atoms with van der Waals surface area (Å²) in [4.78, 5) is 9.01. The topological polar surface area (TPSA) is 75.9 Å². The lowest BCUT2D eigenvalue weighted by molar-refractivity contribution is 0.318. The molecule has 1 heterocycles. The van der Waals surface area contributed by atoms with Crippen LogP contribution in [0.3, 0.4) is 0 Å². The zero-order valence-corrected chi connectivity index (χ0v) is 13.5. The molecule has 1 aromatic rings. The molecule has 0 bridgehead atoms. The van der Waals surface area contributed by atoms with Crippen molar-refractivity contribution in [2.24, 2.45) is 11.8 Å². The summed E-state index contributed by atoms with van der Waals surface area (Å²) >= 11 is 0. The van der Waals surface area contributed by atoms with Crippen molar-refractivity contribution < 1.29 is 0 Å². The fraction of sp³-hybridized carbons (Fsp3) is 0.750. The van der Waals surface area contributed by atoms with E-state index in [9.17, 15) is 0 Å². The van der Waals surface area contributed by atoms with E-state index in [0.717, 1.165) is 17.6 Å². The molecule has 0 aliphatic heterocycles. The van der Waals surface area contributed by atoms with Gasteiger partial charge >= 0.3 is 0 Å². The molecule has 5 heteroatoms. The van der Waals surface area contributed by atoms with Crippen LogP contribution in [0.15, 0.2) is 6.07 Å². The summed E-state index contributed by atoms with van der Waals surface area (Å²) in [6.45, 7) is 6.46. The highest BCUT2D eigenvalue weighted by Gasteiger charge is 2.21.